The van der Waals surface area contributed by atoms with E-state index in [0.717, 1.165) is 25.6 Å². The van der Waals surface area contributed by atoms with Crippen molar-refractivity contribution in [3.05, 3.63) is 0 Å². The highest BCUT2D eigenvalue weighted by molar-refractivity contribution is 5.60. The van der Waals surface area contributed by atoms with Crippen molar-refractivity contribution in [2.24, 2.45) is 16.8 Å². The van der Waals surface area contributed by atoms with Crippen LogP contribution < -0.4 is 5.32 Å². The van der Waals surface area contributed by atoms with Gasteiger partial charge >= 0.3 is 0 Å². The quantitative estimate of drug-likeness (QED) is 0.532. The van der Waals surface area contributed by atoms with Crippen LogP contribution in [-0.4, -0.2) is 25.8 Å². The van der Waals surface area contributed by atoms with Gasteiger partial charge in [0.1, 0.15) is 0 Å². The van der Waals surface area contributed by atoms with Gasteiger partial charge in [0.2, 0.25) is 0 Å². The molecule has 2 unspecified atom stereocenters. The van der Waals surface area contributed by atoms with Crippen LogP contribution in [0.15, 0.2) is 4.99 Å². The minimum absolute atomic E-state index is 0.632. The summed E-state index contributed by atoms with van der Waals surface area (Å²) in [6, 6.07) is 0. The number of hydrogen-bond donors (Lipinski definition) is 1. The third-order valence-electron chi connectivity index (χ3n) is 2.12. The molecule has 0 aromatic carbocycles. The molecule has 0 spiro atoms. The van der Waals surface area contributed by atoms with E-state index in [1.54, 1.807) is 0 Å². The van der Waals surface area contributed by atoms with E-state index in [1.807, 2.05) is 0 Å². The molecule has 0 bridgehead atoms. The molecule has 10 heavy (non-hydrogen) atoms. The van der Waals surface area contributed by atoms with E-state index in [4.69, 9.17) is 0 Å². The Morgan fingerprint density at radius 2 is 2.30 bits per heavy atom. The monoisotopic (exact) mass is 140 g/mol. The van der Waals surface area contributed by atoms with Gasteiger partial charge in [-0.2, -0.15) is 0 Å². The molecule has 0 saturated heterocycles. The summed E-state index contributed by atoms with van der Waals surface area (Å²) in [4.78, 5) is 4.27. The molecule has 2 atom stereocenters. The lowest BCUT2D eigenvalue weighted by Gasteiger charge is -2.18. The van der Waals surface area contributed by atoms with E-state index in [9.17, 15) is 0 Å². The average molecular weight is 140 g/mol. The Hall–Kier alpha value is -0.370. The summed E-state index contributed by atoms with van der Waals surface area (Å²) in [7, 11) is 0. The normalized spacial score (nSPS) is 38.2. The van der Waals surface area contributed by atoms with Crippen LogP contribution in [-0.2, 0) is 0 Å². The predicted octanol–water partition coefficient (Wildman–Crippen LogP) is 0.933. The van der Waals surface area contributed by atoms with Crippen molar-refractivity contribution in [2.75, 3.05) is 19.6 Å². The van der Waals surface area contributed by atoms with Gasteiger partial charge in [-0.3, -0.25) is 4.99 Å². The van der Waals surface area contributed by atoms with Crippen molar-refractivity contribution >= 4 is 6.21 Å². The molecule has 1 heterocycles. The van der Waals surface area contributed by atoms with Gasteiger partial charge in [-0.1, -0.05) is 13.8 Å². The zero-order chi connectivity index (χ0) is 7.40. The van der Waals surface area contributed by atoms with Crippen molar-refractivity contribution in [1.29, 1.82) is 0 Å². The van der Waals surface area contributed by atoms with Gasteiger partial charge in [-0.25, -0.2) is 0 Å². The molecule has 0 saturated carbocycles. The minimum atomic E-state index is 0.632. The van der Waals surface area contributed by atoms with Gasteiger partial charge in [0.15, 0.2) is 0 Å². The first-order valence-electron chi connectivity index (χ1n) is 4.01. The molecule has 0 radical (unpaired) electrons. The second-order valence-electron chi connectivity index (χ2n) is 3.10. The van der Waals surface area contributed by atoms with Crippen molar-refractivity contribution in [2.45, 2.75) is 13.8 Å². The van der Waals surface area contributed by atoms with Gasteiger partial charge in [-0.15, -0.1) is 0 Å². The smallest absolute Gasteiger partial charge is 0.0510 e. The molecule has 58 valence electrons. The van der Waals surface area contributed by atoms with Gasteiger partial charge < -0.3 is 5.32 Å². The Labute approximate surface area is 62.7 Å². The van der Waals surface area contributed by atoms with Crippen LogP contribution in [0.25, 0.3) is 0 Å². The highest BCUT2D eigenvalue weighted by Gasteiger charge is 2.10. The summed E-state index contributed by atoms with van der Waals surface area (Å²) in [5.74, 6) is 1.36. The number of nitrogens with one attached hydrogen (secondary N) is 1. The Morgan fingerprint density at radius 1 is 1.50 bits per heavy atom. The second kappa shape index (κ2) is 3.71. The molecule has 0 aromatic rings. The lowest BCUT2D eigenvalue weighted by atomic mass is 9.97. The first-order chi connectivity index (χ1) is 4.80. The molecule has 0 fully saturated rings. The van der Waals surface area contributed by atoms with Crippen molar-refractivity contribution in [3.8, 4) is 0 Å². The van der Waals surface area contributed by atoms with Gasteiger partial charge in [0.25, 0.3) is 0 Å². The molecule has 1 N–H and O–H groups in total. The summed E-state index contributed by atoms with van der Waals surface area (Å²) in [5, 5.41) is 3.35. The minimum Gasteiger partial charge on any atom is -0.315 e. The zero-order valence-corrected chi connectivity index (χ0v) is 6.80. The number of aliphatic imine (C=N–C) groups is 1. The first kappa shape index (κ1) is 7.73. The number of hydrogen-bond acceptors (Lipinski definition) is 2. The molecular formula is C8H16N2. The van der Waals surface area contributed by atoms with E-state index in [0.29, 0.717) is 5.92 Å². The molecule has 0 amide bonds. The average Bonchev–Trinajstić information content (AvgIpc) is 1.92. The predicted molar refractivity (Wildman–Crippen MR) is 44.6 cm³/mol. The van der Waals surface area contributed by atoms with Crippen LogP contribution in [0.3, 0.4) is 0 Å². The lowest BCUT2D eigenvalue weighted by molar-refractivity contribution is 0.444. The van der Waals surface area contributed by atoms with Crippen LogP contribution in [0.4, 0.5) is 0 Å². The topological polar surface area (TPSA) is 24.4 Å². The van der Waals surface area contributed by atoms with Crippen LogP contribution >= 0.6 is 0 Å². The summed E-state index contributed by atoms with van der Waals surface area (Å²) in [5.41, 5.74) is 0. The summed E-state index contributed by atoms with van der Waals surface area (Å²) in [6.07, 6.45) is 2.09. The lowest BCUT2D eigenvalue weighted by Crippen LogP contribution is -2.29. The van der Waals surface area contributed by atoms with E-state index in [1.165, 1.54) is 0 Å². The van der Waals surface area contributed by atoms with Gasteiger partial charge in [0, 0.05) is 12.8 Å². The fourth-order valence-electron chi connectivity index (χ4n) is 1.05. The number of nitrogens with zero attached hydrogens (tertiary/aromatic N) is 1. The van der Waals surface area contributed by atoms with Crippen LogP contribution in [0, 0.1) is 11.8 Å². The highest BCUT2D eigenvalue weighted by Crippen LogP contribution is 2.07. The summed E-state index contributed by atoms with van der Waals surface area (Å²) < 4.78 is 0. The molecular weight excluding hydrogens is 124 g/mol. The third kappa shape index (κ3) is 2.10. The van der Waals surface area contributed by atoms with Crippen molar-refractivity contribution < 1.29 is 0 Å². The fraction of sp³-hybridized carbons (Fsp3) is 0.875. The Bertz CT molecular complexity index is 120. The zero-order valence-electron chi connectivity index (χ0n) is 6.80. The largest absolute Gasteiger partial charge is 0.315 e. The fourth-order valence-corrected chi connectivity index (χ4v) is 1.05. The molecule has 2 nitrogen and oxygen atoms in total. The number of rotatable bonds is 0. The second-order valence-corrected chi connectivity index (χ2v) is 3.10. The third-order valence-corrected chi connectivity index (χ3v) is 2.12. The maximum atomic E-state index is 4.27. The molecule has 2 heteroatoms. The van der Waals surface area contributed by atoms with Crippen molar-refractivity contribution in [3.63, 3.8) is 0 Å². The maximum absolute atomic E-state index is 4.27. The molecule has 0 aliphatic carbocycles. The van der Waals surface area contributed by atoms with E-state index in [2.05, 4.69) is 30.4 Å². The Kier molecular flexibility index (Phi) is 2.87. The SMILES string of the molecule is CC1/C=N\CCNCC1C. The van der Waals surface area contributed by atoms with Crippen LogP contribution in [0.2, 0.25) is 0 Å². The Morgan fingerprint density at radius 3 is 3.10 bits per heavy atom. The summed E-state index contributed by atoms with van der Waals surface area (Å²) in [6.45, 7) is 7.59. The van der Waals surface area contributed by atoms with Crippen molar-refractivity contribution in [1.82, 2.24) is 5.32 Å². The summed E-state index contributed by atoms with van der Waals surface area (Å²) >= 11 is 0. The standard InChI is InChI=1S/C8H16N2/c1-7-5-9-3-4-10-6-8(7)2/h5,7-8,10H,3-4,6H2,1-2H3/b9-5-. The van der Waals surface area contributed by atoms with E-state index < -0.39 is 0 Å². The maximum Gasteiger partial charge on any atom is 0.0510 e. The van der Waals surface area contributed by atoms with Crippen LogP contribution in [0.5, 0.6) is 0 Å². The van der Waals surface area contributed by atoms with Gasteiger partial charge in [0.05, 0.1) is 6.54 Å². The van der Waals surface area contributed by atoms with E-state index in [-0.39, 0.29) is 0 Å². The molecule has 1 rings (SSSR count). The van der Waals surface area contributed by atoms with E-state index >= 15 is 0 Å². The highest BCUT2D eigenvalue weighted by atomic mass is 14.9. The molecule has 0 aromatic heterocycles. The first-order valence-corrected chi connectivity index (χ1v) is 4.01. The van der Waals surface area contributed by atoms with Gasteiger partial charge in [-0.05, 0) is 18.4 Å². The molecule has 1 aliphatic rings. The Balaban J connectivity index is 2.44. The van der Waals surface area contributed by atoms with Crippen LogP contribution in [0.1, 0.15) is 13.8 Å². The molecule has 1 aliphatic heterocycles.